The van der Waals surface area contributed by atoms with E-state index in [1.165, 1.54) is 6.33 Å². The first-order chi connectivity index (χ1) is 10.9. The van der Waals surface area contributed by atoms with Gasteiger partial charge in [0.15, 0.2) is 0 Å². The Bertz CT molecular complexity index is 779. The zero-order valence-corrected chi connectivity index (χ0v) is 12.2. The van der Waals surface area contributed by atoms with E-state index in [-0.39, 0.29) is 13.0 Å². The second-order valence-corrected chi connectivity index (χ2v) is 6.07. The van der Waals surface area contributed by atoms with Crippen molar-refractivity contribution in [2.75, 3.05) is 24.5 Å². The van der Waals surface area contributed by atoms with Crippen molar-refractivity contribution in [3.8, 4) is 0 Å². The summed E-state index contributed by atoms with van der Waals surface area (Å²) in [5, 5.41) is 9.97. The van der Waals surface area contributed by atoms with Crippen molar-refractivity contribution in [1.82, 2.24) is 19.9 Å². The highest BCUT2D eigenvalue weighted by Crippen LogP contribution is 2.50. The lowest BCUT2D eigenvalue weighted by Crippen LogP contribution is -2.80. The van der Waals surface area contributed by atoms with Crippen LogP contribution < -0.4 is 4.90 Å². The summed E-state index contributed by atoms with van der Waals surface area (Å²) >= 11 is 0. The van der Waals surface area contributed by atoms with Crippen LogP contribution in [0.3, 0.4) is 0 Å². The maximum atomic E-state index is 14.3. The highest BCUT2D eigenvalue weighted by atomic mass is 19.3. The SMILES string of the molecule is O=C(O)N1CC(F)(F)C12CCCN(c1ncnc3[nH]ccc13)C2. The molecule has 4 heterocycles. The highest BCUT2D eigenvalue weighted by molar-refractivity contribution is 5.87. The number of halogens is 2. The molecule has 4 rings (SSSR count). The van der Waals surface area contributed by atoms with Gasteiger partial charge in [-0.2, -0.15) is 0 Å². The van der Waals surface area contributed by atoms with E-state index in [4.69, 9.17) is 0 Å². The number of rotatable bonds is 1. The summed E-state index contributed by atoms with van der Waals surface area (Å²) in [4.78, 5) is 25.2. The molecule has 0 aromatic carbocycles. The molecule has 1 atom stereocenters. The Morgan fingerprint density at radius 3 is 2.91 bits per heavy atom. The van der Waals surface area contributed by atoms with Gasteiger partial charge in [-0.3, -0.25) is 4.90 Å². The molecular formula is C14H15F2N5O2. The number of nitrogens with zero attached hydrogens (tertiary/aromatic N) is 4. The van der Waals surface area contributed by atoms with Crippen molar-refractivity contribution in [3.63, 3.8) is 0 Å². The Balaban J connectivity index is 1.72. The van der Waals surface area contributed by atoms with E-state index in [0.717, 1.165) is 10.3 Å². The van der Waals surface area contributed by atoms with E-state index < -0.39 is 24.1 Å². The largest absolute Gasteiger partial charge is 0.465 e. The zero-order valence-electron chi connectivity index (χ0n) is 12.2. The summed E-state index contributed by atoms with van der Waals surface area (Å²) in [7, 11) is 0. The molecule has 1 spiro atoms. The molecule has 2 saturated heterocycles. The van der Waals surface area contributed by atoms with E-state index in [2.05, 4.69) is 15.0 Å². The molecule has 1 amide bonds. The van der Waals surface area contributed by atoms with E-state index in [1.54, 1.807) is 17.2 Å². The lowest BCUT2D eigenvalue weighted by atomic mass is 9.74. The molecular weight excluding hydrogens is 308 g/mol. The van der Waals surface area contributed by atoms with E-state index >= 15 is 0 Å². The Morgan fingerprint density at radius 1 is 1.35 bits per heavy atom. The number of fused-ring (bicyclic) bond motifs is 1. The predicted molar refractivity (Wildman–Crippen MR) is 77.7 cm³/mol. The summed E-state index contributed by atoms with van der Waals surface area (Å²) in [5.74, 6) is -2.46. The molecule has 0 radical (unpaired) electrons. The number of H-pyrrole nitrogens is 1. The molecule has 0 bridgehead atoms. The minimum absolute atomic E-state index is 0.0659. The maximum absolute atomic E-state index is 14.3. The molecule has 0 saturated carbocycles. The quantitative estimate of drug-likeness (QED) is 0.837. The number of carbonyl (C=O) groups is 1. The predicted octanol–water partition coefficient (Wildman–Crippen LogP) is 1.93. The first kappa shape index (κ1) is 14.2. The van der Waals surface area contributed by atoms with Crippen molar-refractivity contribution in [1.29, 1.82) is 0 Å². The second-order valence-electron chi connectivity index (χ2n) is 6.07. The number of hydrogen-bond donors (Lipinski definition) is 2. The molecule has 0 aliphatic carbocycles. The summed E-state index contributed by atoms with van der Waals surface area (Å²) in [6.45, 7) is -0.244. The van der Waals surface area contributed by atoms with E-state index in [9.17, 15) is 18.7 Å². The van der Waals surface area contributed by atoms with Crippen LogP contribution in [-0.4, -0.2) is 62.1 Å². The van der Waals surface area contributed by atoms with Crippen molar-refractivity contribution >= 4 is 22.9 Å². The van der Waals surface area contributed by atoms with Gasteiger partial charge >= 0.3 is 6.09 Å². The summed E-state index contributed by atoms with van der Waals surface area (Å²) in [5.41, 5.74) is -1.03. The first-order valence-corrected chi connectivity index (χ1v) is 7.36. The monoisotopic (exact) mass is 323 g/mol. The summed E-state index contributed by atoms with van der Waals surface area (Å²) in [6.07, 6.45) is 2.43. The smallest absolute Gasteiger partial charge is 0.408 e. The fourth-order valence-corrected chi connectivity index (χ4v) is 3.70. The third-order valence-electron chi connectivity index (χ3n) is 4.89. The summed E-state index contributed by atoms with van der Waals surface area (Å²) < 4.78 is 28.5. The van der Waals surface area contributed by atoms with Crippen LogP contribution in [0.25, 0.3) is 11.0 Å². The minimum Gasteiger partial charge on any atom is -0.465 e. The topological polar surface area (TPSA) is 85.3 Å². The Kier molecular flexibility index (Phi) is 2.79. The normalized spacial score (nSPS) is 26.5. The van der Waals surface area contributed by atoms with Crippen LogP contribution in [0, 0.1) is 0 Å². The van der Waals surface area contributed by atoms with Crippen LogP contribution in [0.5, 0.6) is 0 Å². The van der Waals surface area contributed by atoms with Crippen molar-refractivity contribution in [3.05, 3.63) is 18.6 Å². The van der Waals surface area contributed by atoms with Crippen molar-refractivity contribution < 1.29 is 18.7 Å². The number of alkyl halides is 2. The average molecular weight is 323 g/mol. The van der Waals surface area contributed by atoms with Crippen LogP contribution in [0.4, 0.5) is 19.4 Å². The van der Waals surface area contributed by atoms with Gasteiger partial charge in [-0.1, -0.05) is 0 Å². The van der Waals surface area contributed by atoms with Gasteiger partial charge in [-0.15, -0.1) is 0 Å². The molecule has 9 heteroatoms. The Labute approximate surface area is 129 Å². The van der Waals surface area contributed by atoms with Crippen molar-refractivity contribution in [2.45, 2.75) is 24.3 Å². The molecule has 2 aromatic heterocycles. The van der Waals surface area contributed by atoms with E-state index in [1.807, 2.05) is 0 Å². The van der Waals surface area contributed by atoms with Crippen molar-refractivity contribution in [2.24, 2.45) is 0 Å². The lowest BCUT2D eigenvalue weighted by Gasteiger charge is -2.59. The number of nitrogens with one attached hydrogen (secondary N) is 1. The van der Waals surface area contributed by atoms with Gasteiger partial charge in [0.25, 0.3) is 5.92 Å². The number of aromatic nitrogens is 3. The third-order valence-corrected chi connectivity index (χ3v) is 4.89. The Hall–Kier alpha value is -2.45. The second kappa shape index (κ2) is 4.53. The molecule has 2 aliphatic rings. The van der Waals surface area contributed by atoms with Gasteiger partial charge in [0.2, 0.25) is 0 Å². The molecule has 23 heavy (non-hydrogen) atoms. The number of carboxylic acid groups (broad SMARTS) is 1. The molecule has 2 aromatic rings. The molecule has 1 unspecified atom stereocenters. The standard InChI is InChI=1S/C14H15F2N5O2/c15-14(16)7-21(12(22)23)13(14)3-1-5-20(6-13)11-9-2-4-17-10(9)18-8-19-11/h2,4,8H,1,3,5-7H2,(H,22,23)(H,17,18,19). The number of anilines is 1. The van der Waals surface area contributed by atoms with E-state index in [0.29, 0.717) is 24.4 Å². The number of piperidine rings is 1. The highest BCUT2D eigenvalue weighted by Gasteiger charge is 2.70. The fraction of sp³-hybridized carbons (Fsp3) is 0.500. The number of amides is 1. The number of likely N-dealkylation sites (tertiary alicyclic amines) is 1. The van der Waals surface area contributed by atoms with Crippen LogP contribution in [0.2, 0.25) is 0 Å². The minimum atomic E-state index is -3.02. The lowest BCUT2D eigenvalue weighted by molar-refractivity contribution is -0.231. The van der Waals surface area contributed by atoms with Gasteiger partial charge in [-0.05, 0) is 18.9 Å². The molecule has 2 N–H and O–H groups in total. The third kappa shape index (κ3) is 1.82. The van der Waals surface area contributed by atoms with Crippen LogP contribution in [-0.2, 0) is 0 Å². The fourth-order valence-electron chi connectivity index (χ4n) is 3.70. The molecule has 122 valence electrons. The van der Waals surface area contributed by atoms with Crippen LogP contribution in [0.1, 0.15) is 12.8 Å². The molecule has 2 fully saturated rings. The number of aromatic amines is 1. The number of hydrogen-bond acceptors (Lipinski definition) is 4. The van der Waals surface area contributed by atoms with Gasteiger partial charge in [0.05, 0.1) is 11.9 Å². The van der Waals surface area contributed by atoms with Gasteiger partial charge < -0.3 is 15.0 Å². The van der Waals surface area contributed by atoms with Crippen LogP contribution >= 0.6 is 0 Å². The van der Waals surface area contributed by atoms with Gasteiger partial charge in [-0.25, -0.2) is 23.5 Å². The zero-order chi connectivity index (χ0) is 16.2. The average Bonchev–Trinajstić information content (AvgIpc) is 3.01. The maximum Gasteiger partial charge on any atom is 0.408 e. The van der Waals surface area contributed by atoms with Crippen LogP contribution in [0.15, 0.2) is 18.6 Å². The Morgan fingerprint density at radius 2 is 2.17 bits per heavy atom. The van der Waals surface area contributed by atoms with Gasteiger partial charge in [0.1, 0.15) is 23.3 Å². The first-order valence-electron chi connectivity index (χ1n) is 7.36. The molecule has 2 aliphatic heterocycles. The molecule has 7 nitrogen and oxygen atoms in total. The summed E-state index contributed by atoms with van der Waals surface area (Å²) in [6, 6.07) is 1.79. The van der Waals surface area contributed by atoms with Gasteiger partial charge in [0, 0.05) is 19.3 Å².